The van der Waals surface area contributed by atoms with Crippen LogP contribution in [0.15, 0.2) is 30.0 Å². The molecule has 0 aliphatic heterocycles. The van der Waals surface area contributed by atoms with E-state index in [0.29, 0.717) is 24.7 Å². The normalized spacial score (nSPS) is 12.0. The molecule has 1 atom stereocenters. The van der Waals surface area contributed by atoms with Crippen LogP contribution in [-0.4, -0.2) is 39.9 Å². The molecule has 0 aliphatic carbocycles. The van der Waals surface area contributed by atoms with E-state index in [1.54, 1.807) is 26.4 Å². The standard InChI is InChI=1S/C21H31N3O4/c1-5-6-11-28-12-7-10-23-15-18(14-22)21(25)24-16(2)17-8-9-19(26-3)20(13-17)27-4/h8-9,13,15-16,23H,5-7,10-12H2,1-4H3,(H,24,25)/b18-15-. The second-order valence-electron chi connectivity index (χ2n) is 6.25. The molecule has 154 valence electrons. The first-order valence-electron chi connectivity index (χ1n) is 9.51. The first-order chi connectivity index (χ1) is 13.6. The van der Waals surface area contributed by atoms with Gasteiger partial charge in [0.1, 0.15) is 11.6 Å². The molecular formula is C21H31N3O4. The summed E-state index contributed by atoms with van der Waals surface area (Å²) in [4.78, 5) is 12.4. The maximum Gasteiger partial charge on any atom is 0.263 e. The number of amides is 1. The van der Waals surface area contributed by atoms with Gasteiger partial charge in [0.15, 0.2) is 11.5 Å². The summed E-state index contributed by atoms with van der Waals surface area (Å²) in [6, 6.07) is 7.06. The molecule has 0 radical (unpaired) electrons. The Bertz CT molecular complexity index is 683. The second-order valence-corrected chi connectivity index (χ2v) is 6.25. The maximum atomic E-state index is 12.4. The van der Waals surface area contributed by atoms with Crippen molar-refractivity contribution < 1.29 is 19.0 Å². The van der Waals surface area contributed by atoms with Gasteiger partial charge in [-0.2, -0.15) is 5.26 Å². The molecule has 0 saturated heterocycles. The van der Waals surface area contributed by atoms with Crippen molar-refractivity contribution in [2.45, 2.75) is 39.2 Å². The highest BCUT2D eigenvalue weighted by atomic mass is 16.5. The molecule has 2 N–H and O–H groups in total. The van der Waals surface area contributed by atoms with E-state index < -0.39 is 5.91 Å². The second kappa shape index (κ2) is 13.4. The van der Waals surface area contributed by atoms with Crippen LogP contribution in [0.5, 0.6) is 11.5 Å². The highest BCUT2D eigenvalue weighted by molar-refractivity contribution is 5.97. The molecule has 0 bridgehead atoms. The molecule has 7 heteroatoms. The number of carbonyl (C=O) groups excluding carboxylic acids is 1. The fourth-order valence-corrected chi connectivity index (χ4v) is 2.43. The molecule has 1 aromatic rings. The average Bonchev–Trinajstić information content (AvgIpc) is 2.71. The van der Waals surface area contributed by atoms with Crippen LogP contribution in [0.1, 0.15) is 44.7 Å². The molecule has 0 aliphatic rings. The van der Waals surface area contributed by atoms with Crippen molar-refractivity contribution in [3.63, 3.8) is 0 Å². The van der Waals surface area contributed by atoms with Gasteiger partial charge in [-0.1, -0.05) is 19.4 Å². The molecule has 0 saturated carbocycles. The zero-order valence-corrected chi connectivity index (χ0v) is 17.2. The largest absolute Gasteiger partial charge is 0.493 e. The van der Waals surface area contributed by atoms with Gasteiger partial charge in [0.25, 0.3) is 5.91 Å². The van der Waals surface area contributed by atoms with Crippen molar-refractivity contribution in [3.8, 4) is 17.6 Å². The Hall–Kier alpha value is -2.72. The van der Waals surface area contributed by atoms with Gasteiger partial charge in [0.05, 0.1) is 20.3 Å². The third-order valence-electron chi connectivity index (χ3n) is 4.12. The number of unbranched alkanes of at least 4 members (excludes halogenated alkanes) is 1. The van der Waals surface area contributed by atoms with Crippen molar-refractivity contribution in [1.82, 2.24) is 10.6 Å². The number of nitriles is 1. The molecule has 7 nitrogen and oxygen atoms in total. The van der Waals surface area contributed by atoms with Crippen LogP contribution in [0.25, 0.3) is 0 Å². The van der Waals surface area contributed by atoms with E-state index in [1.165, 1.54) is 6.20 Å². The van der Waals surface area contributed by atoms with Gasteiger partial charge < -0.3 is 24.8 Å². The van der Waals surface area contributed by atoms with E-state index >= 15 is 0 Å². The summed E-state index contributed by atoms with van der Waals surface area (Å²) in [5, 5.41) is 15.1. The van der Waals surface area contributed by atoms with Gasteiger partial charge in [-0.05, 0) is 37.5 Å². The number of methoxy groups -OCH3 is 2. The van der Waals surface area contributed by atoms with Crippen LogP contribution in [0.2, 0.25) is 0 Å². The summed E-state index contributed by atoms with van der Waals surface area (Å²) in [5.41, 5.74) is 0.875. The fourth-order valence-electron chi connectivity index (χ4n) is 2.43. The summed E-state index contributed by atoms with van der Waals surface area (Å²) in [5.74, 6) is 0.765. The van der Waals surface area contributed by atoms with E-state index in [9.17, 15) is 10.1 Å². The summed E-state index contributed by atoms with van der Waals surface area (Å²) in [6.45, 7) is 6.03. The Morgan fingerprint density at radius 2 is 1.93 bits per heavy atom. The van der Waals surface area contributed by atoms with Gasteiger partial charge in [0, 0.05) is 26.0 Å². The molecule has 0 fully saturated rings. The SMILES string of the molecule is CCCCOCCCN/C=C(/C#N)C(=O)NC(C)c1ccc(OC)c(OC)c1. The quantitative estimate of drug-likeness (QED) is 0.306. The molecule has 28 heavy (non-hydrogen) atoms. The van der Waals surface area contributed by atoms with Crippen LogP contribution in [0, 0.1) is 11.3 Å². The molecule has 1 rings (SSSR count). The molecule has 0 heterocycles. The van der Waals surface area contributed by atoms with Gasteiger partial charge in [-0.15, -0.1) is 0 Å². The van der Waals surface area contributed by atoms with Crippen molar-refractivity contribution in [1.29, 1.82) is 5.26 Å². The van der Waals surface area contributed by atoms with E-state index in [4.69, 9.17) is 14.2 Å². The van der Waals surface area contributed by atoms with Crippen LogP contribution < -0.4 is 20.1 Å². The minimum atomic E-state index is -0.434. The number of nitrogens with one attached hydrogen (secondary N) is 2. The lowest BCUT2D eigenvalue weighted by Gasteiger charge is -2.16. The van der Waals surface area contributed by atoms with Gasteiger partial charge >= 0.3 is 0 Å². The fraction of sp³-hybridized carbons (Fsp3) is 0.524. The van der Waals surface area contributed by atoms with E-state index in [2.05, 4.69) is 17.6 Å². The Kier molecular flexibility index (Phi) is 11.2. The molecule has 0 aromatic heterocycles. The first-order valence-corrected chi connectivity index (χ1v) is 9.51. The number of nitrogens with zero attached hydrogens (tertiary/aromatic N) is 1. The van der Waals surface area contributed by atoms with E-state index in [-0.39, 0.29) is 11.6 Å². The predicted octanol–water partition coefficient (Wildman–Crippen LogP) is 3.08. The first kappa shape index (κ1) is 23.3. The van der Waals surface area contributed by atoms with Crippen molar-refractivity contribution in [2.75, 3.05) is 34.0 Å². The summed E-state index contributed by atoms with van der Waals surface area (Å²) >= 11 is 0. The van der Waals surface area contributed by atoms with Crippen molar-refractivity contribution >= 4 is 5.91 Å². The zero-order chi connectivity index (χ0) is 20.8. The zero-order valence-electron chi connectivity index (χ0n) is 17.2. The lowest BCUT2D eigenvalue weighted by atomic mass is 10.1. The number of ether oxygens (including phenoxy) is 3. The van der Waals surface area contributed by atoms with Crippen molar-refractivity contribution in [2.24, 2.45) is 0 Å². The molecule has 1 amide bonds. The number of benzene rings is 1. The van der Waals surface area contributed by atoms with Gasteiger partial charge in [0.2, 0.25) is 0 Å². The smallest absolute Gasteiger partial charge is 0.263 e. The molecule has 1 unspecified atom stereocenters. The van der Waals surface area contributed by atoms with Gasteiger partial charge in [-0.25, -0.2) is 0 Å². The lowest BCUT2D eigenvalue weighted by Crippen LogP contribution is -2.28. The topological polar surface area (TPSA) is 92.6 Å². The molecule has 0 spiro atoms. The summed E-state index contributed by atoms with van der Waals surface area (Å²) in [6.07, 6.45) is 4.43. The van der Waals surface area contributed by atoms with Crippen LogP contribution >= 0.6 is 0 Å². The summed E-state index contributed by atoms with van der Waals surface area (Å²) in [7, 11) is 3.12. The molecule has 1 aromatic carbocycles. The van der Waals surface area contributed by atoms with E-state index in [0.717, 1.165) is 31.4 Å². The Balaban J connectivity index is 2.53. The third kappa shape index (κ3) is 7.89. The minimum absolute atomic E-state index is 0.0271. The number of carbonyl (C=O) groups is 1. The average molecular weight is 389 g/mol. The van der Waals surface area contributed by atoms with Crippen LogP contribution in [0.3, 0.4) is 0 Å². The minimum Gasteiger partial charge on any atom is -0.493 e. The van der Waals surface area contributed by atoms with E-state index in [1.807, 2.05) is 19.1 Å². The van der Waals surface area contributed by atoms with Crippen LogP contribution in [-0.2, 0) is 9.53 Å². The Labute approximate surface area is 167 Å². The Morgan fingerprint density at radius 3 is 2.57 bits per heavy atom. The predicted molar refractivity (Wildman–Crippen MR) is 108 cm³/mol. The Morgan fingerprint density at radius 1 is 1.21 bits per heavy atom. The number of hydrogen-bond acceptors (Lipinski definition) is 6. The third-order valence-corrected chi connectivity index (χ3v) is 4.12. The highest BCUT2D eigenvalue weighted by Crippen LogP contribution is 2.29. The van der Waals surface area contributed by atoms with Crippen molar-refractivity contribution in [3.05, 3.63) is 35.5 Å². The van der Waals surface area contributed by atoms with Gasteiger partial charge in [-0.3, -0.25) is 4.79 Å². The summed E-state index contributed by atoms with van der Waals surface area (Å²) < 4.78 is 16.0. The maximum absolute atomic E-state index is 12.4. The van der Waals surface area contributed by atoms with Crippen LogP contribution in [0.4, 0.5) is 0 Å². The monoisotopic (exact) mass is 389 g/mol. The highest BCUT2D eigenvalue weighted by Gasteiger charge is 2.15. The lowest BCUT2D eigenvalue weighted by molar-refractivity contribution is -0.117. The number of hydrogen-bond donors (Lipinski definition) is 2. The number of rotatable bonds is 13. The molecular weight excluding hydrogens is 358 g/mol.